The monoisotopic (exact) mass is 275 g/mol. The molecule has 0 saturated carbocycles. The van der Waals surface area contributed by atoms with E-state index >= 15 is 0 Å². The lowest BCUT2D eigenvalue weighted by atomic mass is 10.3. The number of ether oxygens (including phenoxy) is 1. The van der Waals surface area contributed by atoms with Crippen molar-refractivity contribution < 1.29 is 9.53 Å². The number of hydrogen-bond donors (Lipinski definition) is 3. The van der Waals surface area contributed by atoms with Crippen molar-refractivity contribution in [1.29, 1.82) is 0 Å². The van der Waals surface area contributed by atoms with Crippen LogP contribution in [-0.4, -0.2) is 34.2 Å². The third kappa shape index (κ3) is 3.55. The van der Waals surface area contributed by atoms with E-state index in [0.29, 0.717) is 36.8 Å². The van der Waals surface area contributed by atoms with Gasteiger partial charge in [0.05, 0.1) is 0 Å². The van der Waals surface area contributed by atoms with Crippen molar-refractivity contribution in [2.24, 2.45) is 5.73 Å². The van der Waals surface area contributed by atoms with E-state index in [2.05, 4.69) is 20.5 Å². The quantitative estimate of drug-likeness (QED) is 0.728. The molecule has 1 heterocycles. The maximum atomic E-state index is 11.9. The fourth-order valence-corrected chi connectivity index (χ4v) is 1.55. The zero-order valence-corrected chi connectivity index (χ0v) is 11.2. The predicted octanol–water partition coefficient (Wildman–Crippen LogP) is 0.957. The van der Waals surface area contributed by atoms with Crippen molar-refractivity contribution in [3.05, 3.63) is 35.9 Å². The summed E-state index contributed by atoms with van der Waals surface area (Å²) in [4.78, 5) is 16.0. The standard InChI is InChI=1S/C13H17N5O2/c1-2-11-16-12(18-17-11)13(19)15-9-3-5-10(6-4-9)20-8-7-14/h3-6H,2,7-8,14H2,1H3,(H,15,19)(H,16,17,18). The molecule has 2 rings (SSSR count). The van der Waals surface area contributed by atoms with Gasteiger partial charge in [0, 0.05) is 18.7 Å². The summed E-state index contributed by atoms with van der Waals surface area (Å²) in [5, 5.41) is 9.27. The number of benzene rings is 1. The molecule has 0 radical (unpaired) electrons. The molecule has 1 aromatic carbocycles. The SMILES string of the molecule is CCc1nc(C(=O)Nc2ccc(OCCN)cc2)n[nH]1. The Morgan fingerprint density at radius 1 is 1.40 bits per heavy atom. The van der Waals surface area contributed by atoms with Crippen LogP contribution >= 0.6 is 0 Å². The van der Waals surface area contributed by atoms with Gasteiger partial charge in [-0.1, -0.05) is 6.92 Å². The molecule has 20 heavy (non-hydrogen) atoms. The third-order valence-electron chi connectivity index (χ3n) is 2.57. The summed E-state index contributed by atoms with van der Waals surface area (Å²) in [6.45, 7) is 2.86. The number of aromatic nitrogens is 3. The van der Waals surface area contributed by atoms with E-state index in [-0.39, 0.29) is 11.7 Å². The number of aromatic amines is 1. The molecule has 0 aliphatic carbocycles. The fraction of sp³-hybridized carbons (Fsp3) is 0.308. The van der Waals surface area contributed by atoms with E-state index in [0.717, 1.165) is 0 Å². The van der Waals surface area contributed by atoms with Gasteiger partial charge in [-0.15, -0.1) is 5.10 Å². The molecule has 0 saturated heterocycles. The molecule has 2 aromatic rings. The maximum Gasteiger partial charge on any atom is 0.295 e. The van der Waals surface area contributed by atoms with E-state index in [1.54, 1.807) is 24.3 Å². The topological polar surface area (TPSA) is 106 Å². The summed E-state index contributed by atoms with van der Waals surface area (Å²) in [7, 11) is 0. The normalized spacial score (nSPS) is 10.3. The average molecular weight is 275 g/mol. The van der Waals surface area contributed by atoms with Gasteiger partial charge >= 0.3 is 0 Å². The summed E-state index contributed by atoms with van der Waals surface area (Å²) in [5.74, 6) is 1.17. The van der Waals surface area contributed by atoms with E-state index in [1.807, 2.05) is 6.92 Å². The number of carbonyl (C=O) groups is 1. The summed E-state index contributed by atoms with van der Waals surface area (Å²) in [6, 6.07) is 7.02. The average Bonchev–Trinajstić information content (AvgIpc) is 2.95. The highest BCUT2D eigenvalue weighted by atomic mass is 16.5. The number of rotatable bonds is 6. The molecule has 0 atom stereocenters. The number of amides is 1. The number of H-pyrrole nitrogens is 1. The molecule has 4 N–H and O–H groups in total. The van der Waals surface area contributed by atoms with Gasteiger partial charge in [-0.2, -0.15) is 0 Å². The van der Waals surface area contributed by atoms with Gasteiger partial charge in [-0.3, -0.25) is 9.89 Å². The zero-order valence-electron chi connectivity index (χ0n) is 11.2. The minimum absolute atomic E-state index is 0.130. The third-order valence-corrected chi connectivity index (χ3v) is 2.57. The Labute approximate surface area is 116 Å². The number of nitrogens with zero attached hydrogens (tertiary/aromatic N) is 2. The first-order valence-corrected chi connectivity index (χ1v) is 6.38. The van der Waals surface area contributed by atoms with Gasteiger partial charge in [-0.05, 0) is 24.3 Å². The minimum Gasteiger partial charge on any atom is -0.492 e. The molecule has 106 valence electrons. The zero-order chi connectivity index (χ0) is 14.4. The molecular formula is C13H17N5O2. The lowest BCUT2D eigenvalue weighted by Crippen LogP contribution is -2.14. The molecule has 0 aliphatic heterocycles. The first kappa shape index (κ1) is 14.0. The van der Waals surface area contributed by atoms with Crippen LogP contribution in [0.4, 0.5) is 5.69 Å². The molecule has 0 aliphatic rings. The molecule has 1 amide bonds. The second-order valence-corrected chi connectivity index (χ2v) is 4.07. The van der Waals surface area contributed by atoms with Gasteiger partial charge in [0.2, 0.25) is 5.82 Å². The maximum absolute atomic E-state index is 11.9. The Balaban J connectivity index is 1.97. The lowest BCUT2D eigenvalue weighted by molar-refractivity contribution is 0.101. The Bertz CT molecular complexity index is 564. The number of aryl methyl sites for hydroxylation is 1. The second-order valence-electron chi connectivity index (χ2n) is 4.07. The lowest BCUT2D eigenvalue weighted by Gasteiger charge is -2.06. The van der Waals surface area contributed by atoms with Crippen molar-refractivity contribution in [2.75, 3.05) is 18.5 Å². The van der Waals surface area contributed by atoms with Crippen LogP contribution in [-0.2, 0) is 6.42 Å². The van der Waals surface area contributed by atoms with Crippen LogP contribution in [0.5, 0.6) is 5.75 Å². The summed E-state index contributed by atoms with van der Waals surface area (Å²) in [6.07, 6.45) is 0.702. The van der Waals surface area contributed by atoms with Crippen LogP contribution in [0.2, 0.25) is 0 Å². The second kappa shape index (κ2) is 6.67. The Morgan fingerprint density at radius 3 is 2.75 bits per heavy atom. The van der Waals surface area contributed by atoms with Gasteiger partial charge in [-0.25, -0.2) is 4.98 Å². The highest BCUT2D eigenvalue weighted by Crippen LogP contribution is 2.15. The van der Waals surface area contributed by atoms with Crippen LogP contribution in [0.3, 0.4) is 0 Å². The highest BCUT2D eigenvalue weighted by Gasteiger charge is 2.11. The Hall–Kier alpha value is -2.41. The first-order valence-electron chi connectivity index (χ1n) is 6.38. The Kier molecular flexibility index (Phi) is 4.67. The molecule has 7 nitrogen and oxygen atoms in total. The smallest absolute Gasteiger partial charge is 0.295 e. The summed E-state index contributed by atoms with van der Waals surface area (Å²) < 4.78 is 5.35. The summed E-state index contributed by atoms with van der Waals surface area (Å²) in [5.41, 5.74) is 6.00. The van der Waals surface area contributed by atoms with Crippen molar-refractivity contribution in [1.82, 2.24) is 15.2 Å². The molecule has 0 fully saturated rings. The van der Waals surface area contributed by atoms with E-state index < -0.39 is 0 Å². The van der Waals surface area contributed by atoms with Crippen LogP contribution in [0.15, 0.2) is 24.3 Å². The van der Waals surface area contributed by atoms with Gasteiger partial charge in [0.25, 0.3) is 5.91 Å². The van der Waals surface area contributed by atoms with Crippen LogP contribution < -0.4 is 15.8 Å². The Morgan fingerprint density at radius 2 is 2.15 bits per heavy atom. The van der Waals surface area contributed by atoms with Crippen molar-refractivity contribution in [3.63, 3.8) is 0 Å². The highest BCUT2D eigenvalue weighted by molar-refractivity contribution is 6.01. The van der Waals surface area contributed by atoms with Crippen LogP contribution in [0.1, 0.15) is 23.4 Å². The molecule has 1 aromatic heterocycles. The predicted molar refractivity (Wildman–Crippen MR) is 74.7 cm³/mol. The van der Waals surface area contributed by atoms with Gasteiger partial charge in [0.15, 0.2) is 0 Å². The molecule has 7 heteroatoms. The van der Waals surface area contributed by atoms with Crippen molar-refractivity contribution >= 4 is 11.6 Å². The van der Waals surface area contributed by atoms with E-state index in [9.17, 15) is 4.79 Å². The van der Waals surface area contributed by atoms with Crippen LogP contribution in [0, 0.1) is 0 Å². The number of carbonyl (C=O) groups excluding carboxylic acids is 1. The number of hydrogen-bond acceptors (Lipinski definition) is 5. The number of anilines is 1. The molecule has 0 bridgehead atoms. The molecule has 0 unspecified atom stereocenters. The molecule has 0 spiro atoms. The van der Waals surface area contributed by atoms with E-state index in [4.69, 9.17) is 10.5 Å². The van der Waals surface area contributed by atoms with Crippen molar-refractivity contribution in [3.8, 4) is 5.75 Å². The summed E-state index contributed by atoms with van der Waals surface area (Å²) >= 11 is 0. The largest absolute Gasteiger partial charge is 0.492 e. The van der Waals surface area contributed by atoms with E-state index in [1.165, 1.54) is 0 Å². The number of nitrogens with two attached hydrogens (primary N) is 1. The molecular weight excluding hydrogens is 258 g/mol. The minimum atomic E-state index is -0.350. The first-order chi connectivity index (χ1) is 9.72. The van der Waals surface area contributed by atoms with Gasteiger partial charge in [0.1, 0.15) is 18.2 Å². The van der Waals surface area contributed by atoms with Crippen molar-refractivity contribution in [2.45, 2.75) is 13.3 Å². The number of nitrogens with one attached hydrogen (secondary N) is 2. The fourth-order valence-electron chi connectivity index (χ4n) is 1.55. The van der Waals surface area contributed by atoms with Gasteiger partial charge < -0.3 is 15.8 Å². The van der Waals surface area contributed by atoms with Crippen LogP contribution in [0.25, 0.3) is 0 Å².